The second kappa shape index (κ2) is 6.50. The van der Waals surface area contributed by atoms with Crippen molar-refractivity contribution < 1.29 is 4.74 Å². The van der Waals surface area contributed by atoms with Gasteiger partial charge >= 0.3 is 0 Å². The van der Waals surface area contributed by atoms with Gasteiger partial charge in [-0.1, -0.05) is 19.1 Å². The van der Waals surface area contributed by atoms with E-state index in [2.05, 4.69) is 25.6 Å². The number of hydrogen-bond acceptors (Lipinski definition) is 2. The number of thiol groups is 1. The smallest absolute Gasteiger partial charge is 0.0651 e. The molecule has 0 aliphatic heterocycles. The van der Waals surface area contributed by atoms with Crippen molar-refractivity contribution >= 4 is 12.6 Å². The van der Waals surface area contributed by atoms with Crippen molar-refractivity contribution in [1.82, 2.24) is 0 Å². The van der Waals surface area contributed by atoms with E-state index < -0.39 is 0 Å². The minimum atomic E-state index is 0.515. The van der Waals surface area contributed by atoms with Gasteiger partial charge in [-0.15, -0.1) is 0 Å². The summed E-state index contributed by atoms with van der Waals surface area (Å²) < 4.78 is 5.71. The Bertz CT molecular complexity index is 148. The molecule has 0 bridgehead atoms. The fourth-order valence-electron chi connectivity index (χ4n) is 1.73. The van der Waals surface area contributed by atoms with Gasteiger partial charge in [0.15, 0.2) is 0 Å². The SMILES string of the molecule is CC1CCC(OCC=CCS)CC1. The lowest BCUT2D eigenvalue weighted by Gasteiger charge is -2.25. The molecule has 1 fully saturated rings. The molecule has 0 aromatic rings. The Balaban J connectivity index is 2.05. The van der Waals surface area contributed by atoms with Crippen LogP contribution in [0.4, 0.5) is 0 Å². The van der Waals surface area contributed by atoms with Gasteiger partial charge in [-0.2, -0.15) is 12.6 Å². The summed E-state index contributed by atoms with van der Waals surface area (Å²) in [7, 11) is 0. The summed E-state index contributed by atoms with van der Waals surface area (Å²) in [5, 5.41) is 0. The minimum absolute atomic E-state index is 0.515. The molecular weight excluding hydrogens is 180 g/mol. The van der Waals surface area contributed by atoms with Gasteiger partial charge in [0.2, 0.25) is 0 Å². The summed E-state index contributed by atoms with van der Waals surface area (Å²) in [5.41, 5.74) is 0. The lowest BCUT2D eigenvalue weighted by Crippen LogP contribution is -2.20. The molecule has 1 rings (SSSR count). The molecule has 2 heteroatoms. The van der Waals surface area contributed by atoms with Crippen LogP contribution in [0.25, 0.3) is 0 Å². The number of rotatable bonds is 4. The Labute approximate surface area is 87.0 Å². The van der Waals surface area contributed by atoms with Crippen molar-refractivity contribution in [1.29, 1.82) is 0 Å². The van der Waals surface area contributed by atoms with Crippen LogP contribution < -0.4 is 0 Å². The molecule has 0 unspecified atom stereocenters. The summed E-state index contributed by atoms with van der Waals surface area (Å²) >= 11 is 4.09. The molecule has 1 saturated carbocycles. The molecule has 0 N–H and O–H groups in total. The topological polar surface area (TPSA) is 9.23 Å². The summed E-state index contributed by atoms with van der Waals surface area (Å²) in [6.07, 6.45) is 9.77. The average Bonchev–Trinajstić information content (AvgIpc) is 2.15. The van der Waals surface area contributed by atoms with Gasteiger partial charge in [-0.05, 0) is 31.6 Å². The van der Waals surface area contributed by atoms with Crippen LogP contribution in [-0.4, -0.2) is 18.5 Å². The van der Waals surface area contributed by atoms with E-state index in [-0.39, 0.29) is 0 Å². The Morgan fingerprint density at radius 1 is 1.23 bits per heavy atom. The first kappa shape index (κ1) is 11.1. The van der Waals surface area contributed by atoms with Crippen molar-refractivity contribution in [2.24, 2.45) is 5.92 Å². The van der Waals surface area contributed by atoms with Crippen LogP contribution in [-0.2, 0) is 4.74 Å². The molecule has 13 heavy (non-hydrogen) atoms. The maximum Gasteiger partial charge on any atom is 0.0651 e. The monoisotopic (exact) mass is 200 g/mol. The highest BCUT2D eigenvalue weighted by atomic mass is 32.1. The molecule has 0 radical (unpaired) electrons. The molecule has 0 amide bonds. The lowest BCUT2D eigenvalue weighted by atomic mass is 9.89. The lowest BCUT2D eigenvalue weighted by molar-refractivity contribution is 0.0367. The second-order valence-electron chi connectivity index (χ2n) is 3.87. The second-order valence-corrected chi connectivity index (χ2v) is 4.23. The van der Waals surface area contributed by atoms with Crippen LogP contribution in [0.5, 0.6) is 0 Å². The van der Waals surface area contributed by atoms with Crippen LogP contribution in [0.15, 0.2) is 12.2 Å². The maximum atomic E-state index is 5.71. The molecule has 1 aliphatic carbocycles. The van der Waals surface area contributed by atoms with E-state index in [9.17, 15) is 0 Å². The first-order valence-electron chi connectivity index (χ1n) is 5.20. The zero-order valence-corrected chi connectivity index (χ0v) is 9.30. The van der Waals surface area contributed by atoms with Gasteiger partial charge in [0.25, 0.3) is 0 Å². The standard InChI is InChI=1S/C11H20OS/c1-10-4-6-11(7-5-10)12-8-2-3-9-13/h2-3,10-11,13H,4-9H2,1H3. The number of ether oxygens (including phenoxy) is 1. The van der Waals surface area contributed by atoms with E-state index in [0.29, 0.717) is 6.10 Å². The van der Waals surface area contributed by atoms with Gasteiger partial charge in [-0.25, -0.2) is 0 Å². The Kier molecular flexibility index (Phi) is 5.56. The molecule has 0 saturated heterocycles. The minimum Gasteiger partial charge on any atom is -0.374 e. The molecule has 76 valence electrons. The normalized spacial score (nSPS) is 29.7. The quantitative estimate of drug-likeness (QED) is 0.542. The zero-order valence-electron chi connectivity index (χ0n) is 8.41. The summed E-state index contributed by atoms with van der Waals surface area (Å²) in [4.78, 5) is 0. The Morgan fingerprint density at radius 2 is 1.92 bits per heavy atom. The highest BCUT2D eigenvalue weighted by Gasteiger charge is 2.17. The predicted molar refractivity (Wildman–Crippen MR) is 60.4 cm³/mol. The van der Waals surface area contributed by atoms with Crippen LogP contribution in [0.3, 0.4) is 0 Å². The molecule has 0 aromatic carbocycles. The zero-order chi connectivity index (χ0) is 9.52. The average molecular weight is 200 g/mol. The molecule has 0 heterocycles. The van der Waals surface area contributed by atoms with Crippen molar-refractivity contribution in [2.75, 3.05) is 12.4 Å². The predicted octanol–water partition coefficient (Wildman–Crippen LogP) is 3.07. The fraction of sp³-hybridized carbons (Fsp3) is 0.818. The third-order valence-corrected chi connectivity index (χ3v) is 2.87. The molecule has 1 aliphatic rings. The van der Waals surface area contributed by atoms with Crippen molar-refractivity contribution in [3.05, 3.63) is 12.2 Å². The van der Waals surface area contributed by atoms with Crippen LogP contribution in [0.2, 0.25) is 0 Å². The van der Waals surface area contributed by atoms with Gasteiger partial charge in [-0.3, -0.25) is 0 Å². The van der Waals surface area contributed by atoms with Crippen molar-refractivity contribution in [2.45, 2.75) is 38.7 Å². The Morgan fingerprint density at radius 3 is 2.54 bits per heavy atom. The van der Waals surface area contributed by atoms with Crippen molar-refractivity contribution in [3.63, 3.8) is 0 Å². The first-order valence-corrected chi connectivity index (χ1v) is 5.83. The molecule has 1 nitrogen and oxygen atoms in total. The molecule has 0 atom stereocenters. The fourth-order valence-corrected chi connectivity index (χ4v) is 1.88. The van der Waals surface area contributed by atoms with Crippen LogP contribution in [0, 0.1) is 5.92 Å². The van der Waals surface area contributed by atoms with E-state index in [1.165, 1.54) is 25.7 Å². The van der Waals surface area contributed by atoms with Crippen LogP contribution >= 0.6 is 12.6 Å². The van der Waals surface area contributed by atoms with Gasteiger partial charge < -0.3 is 4.74 Å². The van der Waals surface area contributed by atoms with E-state index in [4.69, 9.17) is 4.74 Å². The molecule has 0 spiro atoms. The third-order valence-electron chi connectivity index (χ3n) is 2.66. The molecule has 0 aromatic heterocycles. The Hall–Kier alpha value is 0.0500. The highest BCUT2D eigenvalue weighted by Crippen LogP contribution is 2.25. The number of hydrogen-bond donors (Lipinski definition) is 1. The molecular formula is C11H20OS. The van der Waals surface area contributed by atoms with Gasteiger partial charge in [0.1, 0.15) is 0 Å². The van der Waals surface area contributed by atoms with Crippen LogP contribution in [0.1, 0.15) is 32.6 Å². The van der Waals surface area contributed by atoms with Gasteiger partial charge in [0, 0.05) is 5.75 Å². The van der Waals surface area contributed by atoms with E-state index >= 15 is 0 Å². The van der Waals surface area contributed by atoms with E-state index in [1.807, 2.05) is 6.08 Å². The highest BCUT2D eigenvalue weighted by molar-refractivity contribution is 7.80. The van der Waals surface area contributed by atoms with E-state index in [0.717, 1.165) is 18.3 Å². The summed E-state index contributed by atoms with van der Waals surface area (Å²) in [6.45, 7) is 3.09. The van der Waals surface area contributed by atoms with Crippen molar-refractivity contribution in [3.8, 4) is 0 Å². The maximum absolute atomic E-state index is 5.71. The summed E-state index contributed by atoms with van der Waals surface area (Å²) in [6, 6.07) is 0. The van der Waals surface area contributed by atoms with Gasteiger partial charge in [0.05, 0.1) is 12.7 Å². The third kappa shape index (κ3) is 4.72. The first-order chi connectivity index (χ1) is 6.33. The van der Waals surface area contributed by atoms with E-state index in [1.54, 1.807) is 0 Å². The largest absolute Gasteiger partial charge is 0.374 e. The summed E-state index contributed by atoms with van der Waals surface area (Å²) in [5.74, 6) is 1.72.